The molecular formula is C22H17ClN2O3S2. The van der Waals surface area contributed by atoms with Gasteiger partial charge in [-0.05, 0) is 29.8 Å². The molecule has 8 heteroatoms. The molecule has 0 saturated carbocycles. The van der Waals surface area contributed by atoms with Crippen LogP contribution in [0.3, 0.4) is 0 Å². The lowest BCUT2D eigenvalue weighted by atomic mass is 10.1. The fraction of sp³-hybridized carbons (Fsp3) is 0.136. The highest BCUT2D eigenvalue weighted by Crippen LogP contribution is 2.34. The molecule has 0 bridgehead atoms. The highest BCUT2D eigenvalue weighted by atomic mass is 35.5. The van der Waals surface area contributed by atoms with E-state index >= 15 is 0 Å². The molecule has 1 aliphatic rings. The zero-order chi connectivity index (χ0) is 21.3. The minimum Gasteiger partial charge on any atom is -0.481 e. The summed E-state index contributed by atoms with van der Waals surface area (Å²) in [6.45, 7) is 0.751. The molecule has 1 saturated heterocycles. The molecule has 0 unspecified atom stereocenters. The number of rotatable bonds is 6. The summed E-state index contributed by atoms with van der Waals surface area (Å²) in [7, 11) is 0. The molecule has 4 rings (SSSR count). The Kier molecular flexibility index (Phi) is 5.94. The number of hydrogen-bond donors (Lipinski definition) is 1. The summed E-state index contributed by atoms with van der Waals surface area (Å²) in [5, 5.41) is 10.6. The lowest BCUT2D eigenvalue weighted by molar-refractivity contribution is -0.137. The van der Waals surface area contributed by atoms with E-state index in [0.717, 1.165) is 22.0 Å². The average Bonchev–Trinajstić information content (AvgIpc) is 3.19. The van der Waals surface area contributed by atoms with Crippen LogP contribution in [0.1, 0.15) is 17.5 Å². The number of aromatic nitrogens is 1. The van der Waals surface area contributed by atoms with E-state index in [2.05, 4.69) is 4.57 Å². The first-order valence-corrected chi connectivity index (χ1v) is 10.8. The van der Waals surface area contributed by atoms with E-state index in [1.165, 1.54) is 16.7 Å². The van der Waals surface area contributed by atoms with Gasteiger partial charge in [-0.2, -0.15) is 0 Å². The number of thioether (sulfide) groups is 1. The van der Waals surface area contributed by atoms with Crippen molar-refractivity contribution in [3.8, 4) is 0 Å². The molecule has 2 aromatic carbocycles. The number of carbonyl (C=O) groups is 2. The second-order valence-corrected chi connectivity index (χ2v) is 8.95. The molecule has 1 aromatic heterocycles. The Morgan fingerprint density at radius 1 is 1.17 bits per heavy atom. The number of thiocarbonyl (C=S) groups is 1. The molecule has 1 N–H and O–H groups in total. The standard InChI is InChI=1S/C22H17ClN2O3S2/c23-16-7-5-14(6-8-16)12-24-13-15(17-3-1-2-4-18(17)24)11-19-21(28)25(22(29)30-19)10-9-20(26)27/h1-8,11,13H,9-10,12H2,(H,26,27)/b19-11+. The lowest BCUT2D eigenvalue weighted by Crippen LogP contribution is -2.30. The van der Waals surface area contributed by atoms with E-state index in [0.29, 0.717) is 20.8 Å². The number of carbonyl (C=O) groups excluding carboxylic acids is 1. The van der Waals surface area contributed by atoms with Crippen LogP contribution in [0, 0.1) is 0 Å². The van der Waals surface area contributed by atoms with Crippen LogP contribution in [0.25, 0.3) is 17.0 Å². The summed E-state index contributed by atoms with van der Waals surface area (Å²) < 4.78 is 2.52. The number of aliphatic carboxylic acids is 1. The van der Waals surface area contributed by atoms with E-state index in [1.807, 2.05) is 60.8 Å². The Bertz CT molecular complexity index is 1180. The normalized spacial score (nSPS) is 15.5. The maximum atomic E-state index is 12.7. The van der Waals surface area contributed by atoms with Crippen molar-refractivity contribution in [2.75, 3.05) is 6.54 Å². The summed E-state index contributed by atoms with van der Waals surface area (Å²) >= 11 is 12.5. The average molecular weight is 457 g/mol. The van der Waals surface area contributed by atoms with Crippen molar-refractivity contribution in [3.05, 3.63) is 75.8 Å². The van der Waals surface area contributed by atoms with Gasteiger partial charge in [0.25, 0.3) is 5.91 Å². The molecule has 0 radical (unpaired) electrons. The van der Waals surface area contributed by atoms with Gasteiger partial charge in [0, 0.05) is 40.8 Å². The third-order valence-corrected chi connectivity index (χ3v) is 6.42. The SMILES string of the molecule is O=C(O)CCN1C(=O)/C(=C\c2cn(Cc3ccc(Cl)cc3)c3ccccc23)SC1=S. The Morgan fingerprint density at radius 3 is 2.63 bits per heavy atom. The van der Waals surface area contributed by atoms with Crippen molar-refractivity contribution in [3.63, 3.8) is 0 Å². The monoisotopic (exact) mass is 456 g/mol. The van der Waals surface area contributed by atoms with Crippen molar-refractivity contribution in [2.45, 2.75) is 13.0 Å². The summed E-state index contributed by atoms with van der Waals surface area (Å²) in [5.74, 6) is -1.21. The van der Waals surface area contributed by atoms with Crippen molar-refractivity contribution in [2.24, 2.45) is 0 Å². The number of benzene rings is 2. The number of amides is 1. The van der Waals surface area contributed by atoms with E-state index < -0.39 is 5.97 Å². The highest BCUT2D eigenvalue weighted by molar-refractivity contribution is 8.26. The fourth-order valence-corrected chi connectivity index (χ4v) is 4.77. The van der Waals surface area contributed by atoms with E-state index in [1.54, 1.807) is 0 Å². The van der Waals surface area contributed by atoms with E-state index in [4.69, 9.17) is 28.9 Å². The van der Waals surface area contributed by atoms with Gasteiger partial charge in [-0.1, -0.05) is 65.9 Å². The van der Waals surface area contributed by atoms with Gasteiger partial charge in [0.2, 0.25) is 0 Å². The number of nitrogens with zero attached hydrogens (tertiary/aromatic N) is 2. The van der Waals surface area contributed by atoms with Gasteiger partial charge in [0.15, 0.2) is 0 Å². The lowest BCUT2D eigenvalue weighted by Gasteiger charge is -2.12. The predicted molar refractivity (Wildman–Crippen MR) is 125 cm³/mol. The minimum atomic E-state index is -0.960. The number of carboxylic acids is 1. The zero-order valence-corrected chi connectivity index (χ0v) is 18.1. The van der Waals surface area contributed by atoms with Crippen LogP contribution in [-0.4, -0.2) is 37.3 Å². The van der Waals surface area contributed by atoms with E-state index in [9.17, 15) is 9.59 Å². The number of fused-ring (bicyclic) bond motifs is 1. The van der Waals surface area contributed by atoms with E-state index in [-0.39, 0.29) is 18.9 Å². The first-order chi connectivity index (χ1) is 14.4. The Hall–Kier alpha value is -2.61. The molecule has 1 aliphatic heterocycles. The molecule has 1 amide bonds. The predicted octanol–water partition coefficient (Wildman–Crippen LogP) is 5.02. The second-order valence-electron chi connectivity index (χ2n) is 6.83. The summed E-state index contributed by atoms with van der Waals surface area (Å²) in [4.78, 5) is 25.4. The van der Waals surface area contributed by atoms with Crippen LogP contribution >= 0.6 is 35.6 Å². The number of halogens is 1. The number of hydrogen-bond acceptors (Lipinski definition) is 4. The molecule has 3 aromatic rings. The first kappa shape index (κ1) is 20.7. The Labute approximate surface area is 187 Å². The largest absolute Gasteiger partial charge is 0.481 e. The summed E-state index contributed by atoms with van der Waals surface area (Å²) in [5.41, 5.74) is 3.09. The molecule has 5 nitrogen and oxygen atoms in total. The van der Waals surface area contributed by atoms with Gasteiger partial charge in [0.05, 0.1) is 11.3 Å². The van der Waals surface area contributed by atoms with Gasteiger partial charge >= 0.3 is 5.97 Å². The van der Waals surface area contributed by atoms with Gasteiger partial charge in [0.1, 0.15) is 4.32 Å². The van der Waals surface area contributed by atoms with Gasteiger partial charge in [-0.25, -0.2) is 0 Å². The molecule has 152 valence electrons. The minimum absolute atomic E-state index is 0.0790. The third kappa shape index (κ3) is 4.28. The van der Waals surface area contributed by atoms with Crippen molar-refractivity contribution in [1.82, 2.24) is 9.47 Å². The van der Waals surface area contributed by atoms with Crippen LogP contribution in [0.5, 0.6) is 0 Å². The maximum Gasteiger partial charge on any atom is 0.305 e. The van der Waals surface area contributed by atoms with Crippen LogP contribution in [0.4, 0.5) is 0 Å². The van der Waals surface area contributed by atoms with Crippen LogP contribution in [-0.2, 0) is 16.1 Å². The van der Waals surface area contributed by atoms with Gasteiger partial charge in [-0.15, -0.1) is 0 Å². The maximum absolute atomic E-state index is 12.7. The highest BCUT2D eigenvalue weighted by Gasteiger charge is 2.32. The number of carboxylic acid groups (broad SMARTS) is 1. The zero-order valence-electron chi connectivity index (χ0n) is 15.7. The number of para-hydroxylation sites is 1. The quantitative estimate of drug-likeness (QED) is 0.417. The van der Waals surface area contributed by atoms with Crippen molar-refractivity contribution < 1.29 is 14.7 Å². The molecule has 30 heavy (non-hydrogen) atoms. The van der Waals surface area contributed by atoms with Gasteiger partial charge in [-0.3, -0.25) is 14.5 Å². The van der Waals surface area contributed by atoms with Crippen molar-refractivity contribution in [1.29, 1.82) is 0 Å². The van der Waals surface area contributed by atoms with Gasteiger partial charge < -0.3 is 9.67 Å². The Balaban J connectivity index is 1.66. The van der Waals surface area contributed by atoms with Crippen molar-refractivity contribution >= 4 is 68.8 Å². The summed E-state index contributed by atoms with van der Waals surface area (Å²) in [6, 6.07) is 15.7. The molecule has 0 aliphatic carbocycles. The first-order valence-electron chi connectivity index (χ1n) is 9.22. The summed E-state index contributed by atoms with van der Waals surface area (Å²) in [6.07, 6.45) is 3.71. The van der Waals surface area contributed by atoms with Crippen LogP contribution in [0.2, 0.25) is 5.02 Å². The molecule has 0 spiro atoms. The second kappa shape index (κ2) is 8.63. The molecular weight excluding hydrogens is 440 g/mol. The third-order valence-electron chi connectivity index (χ3n) is 4.80. The Morgan fingerprint density at radius 2 is 1.90 bits per heavy atom. The van der Waals surface area contributed by atoms with Crippen LogP contribution < -0.4 is 0 Å². The van der Waals surface area contributed by atoms with Crippen LogP contribution in [0.15, 0.2) is 59.6 Å². The smallest absolute Gasteiger partial charge is 0.305 e. The molecule has 0 atom stereocenters. The topological polar surface area (TPSA) is 62.5 Å². The fourth-order valence-electron chi connectivity index (χ4n) is 3.35. The molecule has 2 heterocycles. The molecule has 1 fully saturated rings.